The van der Waals surface area contributed by atoms with Gasteiger partial charge in [-0.2, -0.15) is 4.57 Å². The molecule has 3 aromatic rings. The molecule has 1 aliphatic rings. The Labute approximate surface area is 152 Å². The number of pyridine rings is 1. The molecule has 4 heteroatoms. The summed E-state index contributed by atoms with van der Waals surface area (Å²) in [5.74, 6) is -0.224. The van der Waals surface area contributed by atoms with E-state index in [9.17, 15) is 9.18 Å². The highest BCUT2D eigenvalue weighted by atomic mass is 19.1. The van der Waals surface area contributed by atoms with E-state index in [0.29, 0.717) is 18.4 Å². The molecule has 1 aliphatic carbocycles. The number of aryl methyl sites for hydroxylation is 1. The number of carbonyl (C=O) groups excluding carboxylic acids is 1. The molecule has 3 nitrogen and oxygen atoms in total. The molecule has 26 heavy (non-hydrogen) atoms. The van der Waals surface area contributed by atoms with Crippen molar-refractivity contribution in [2.45, 2.75) is 25.4 Å². The summed E-state index contributed by atoms with van der Waals surface area (Å²) in [7, 11) is 0. The van der Waals surface area contributed by atoms with Crippen molar-refractivity contribution >= 4 is 11.5 Å². The van der Waals surface area contributed by atoms with Crippen LogP contribution >= 0.6 is 0 Å². The Morgan fingerprint density at radius 2 is 1.81 bits per heavy atom. The zero-order valence-electron chi connectivity index (χ0n) is 14.4. The molecule has 1 atom stereocenters. The summed E-state index contributed by atoms with van der Waals surface area (Å²) in [6, 6.07) is 18.4. The van der Waals surface area contributed by atoms with Crippen molar-refractivity contribution in [3.05, 3.63) is 95.6 Å². The lowest BCUT2D eigenvalue weighted by atomic mass is 9.87. The van der Waals surface area contributed by atoms with E-state index in [4.69, 9.17) is 0 Å². The Morgan fingerprint density at radius 3 is 2.58 bits per heavy atom. The van der Waals surface area contributed by atoms with Crippen LogP contribution in [0.5, 0.6) is 0 Å². The van der Waals surface area contributed by atoms with E-state index in [1.807, 2.05) is 47.3 Å². The quantitative estimate of drug-likeness (QED) is 0.721. The van der Waals surface area contributed by atoms with Crippen LogP contribution in [0.4, 0.5) is 10.1 Å². The fourth-order valence-corrected chi connectivity index (χ4v) is 3.46. The Balaban J connectivity index is 1.47. The van der Waals surface area contributed by atoms with Gasteiger partial charge in [0, 0.05) is 36.3 Å². The normalized spacial score (nSPS) is 16.2. The first-order valence-corrected chi connectivity index (χ1v) is 8.82. The molecule has 130 valence electrons. The van der Waals surface area contributed by atoms with Crippen LogP contribution in [0.15, 0.2) is 73.1 Å². The Kier molecular flexibility index (Phi) is 4.48. The van der Waals surface area contributed by atoms with Crippen LogP contribution in [-0.4, -0.2) is 5.78 Å². The maximum Gasteiger partial charge on any atom is 0.230 e. The first-order chi connectivity index (χ1) is 12.7. The number of halogens is 1. The van der Waals surface area contributed by atoms with Gasteiger partial charge in [-0.25, -0.2) is 4.39 Å². The summed E-state index contributed by atoms with van der Waals surface area (Å²) in [5.41, 5.74) is 3.68. The van der Waals surface area contributed by atoms with E-state index in [2.05, 4.69) is 17.4 Å². The number of benzene rings is 2. The molecule has 0 saturated heterocycles. The van der Waals surface area contributed by atoms with Gasteiger partial charge in [-0.15, -0.1) is 0 Å². The highest BCUT2D eigenvalue weighted by molar-refractivity contribution is 6.00. The van der Waals surface area contributed by atoms with Gasteiger partial charge in [0.2, 0.25) is 11.8 Å². The van der Waals surface area contributed by atoms with Gasteiger partial charge in [-0.3, -0.25) is 4.79 Å². The van der Waals surface area contributed by atoms with Crippen LogP contribution in [0, 0.1) is 5.82 Å². The monoisotopic (exact) mass is 347 g/mol. The van der Waals surface area contributed by atoms with Crippen LogP contribution < -0.4 is 9.88 Å². The van der Waals surface area contributed by atoms with Gasteiger partial charge in [-0.1, -0.05) is 30.3 Å². The van der Waals surface area contributed by atoms with E-state index in [0.717, 1.165) is 17.8 Å². The molecular formula is C22H20FN2O+. The van der Waals surface area contributed by atoms with Gasteiger partial charge < -0.3 is 5.32 Å². The van der Waals surface area contributed by atoms with Gasteiger partial charge in [0.05, 0.1) is 0 Å². The van der Waals surface area contributed by atoms with Crippen LogP contribution in [0.3, 0.4) is 0 Å². The maximum atomic E-state index is 13.4. The lowest BCUT2D eigenvalue weighted by molar-refractivity contribution is -0.708. The third-order valence-electron chi connectivity index (χ3n) is 4.87. The second kappa shape index (κ2) is 7.08. The minimum absolute atomic E-state index is 0.0567. The molecule has 0 amide bonds. The summed E-state index contributed by atoms with van der Waals surface area (Å²) < 4.78 is 15.3. The molecule has 4 rings (SSSR count). The first-order valence-electron chi connectivity index (χ1n) is 8.82. The number of hydrogen-bond donors (Lipinski definition) is 1. The van der Waals surface area contributed by atoms with Crippen molar-refractivity contribution in [2.75, 3.05) is 5.32 Å². The molecular weight excluding hydrogens is 327 g/mol. The summed E-state index contributed by atoms with van der Waals surface area (Å²) >= 11 is 0. The predicted octanol–water partition coefficient (Wildman–Crippen LogP) is 4.10. The van der Waals surface area contributed by atoms with Gasteiger partial charge >= 0.3 is 0 Å². The molecule has 1 unspecified atom stereocenters. The number of carbonyl (C=O) groups is 1. The van der Waals surface area contributed by atoms with Gasteiger partial charge in [0.25, 0.3) is 0 Å². The number of Topliss-reactive ketones (excluding diaryl/α,β-unsaturated/α-hetero) is 1. The predicted molar refractivity (Wildman–Crippen MR) is 98.5 cm³/mol. The number of ketones is 1. The van der Waals surface area contributed by atoms with E-state index in [1.165, 1.54) is 17.7 Å². The van der Waals surface area contributed by atoms with Crippen LogP contribution in [-0.2, 0) is 13.0 Å². The van der Waals surface area contributed by atoms with Crippen molar-refractivity contribution in [1.29, 1.82) is 0 Å². The van der Waals surface area contributed by atoms with Crippen molar-refractivity contribution in [3.8, 4) is 0 Å². The SMILES string of the molecule is O=C1c2ccc(F)cc2CCC1[n+]1ccc(NCc2ccccc2)cc1. The van der Waals surface area contributed by atoms with Gasteiger partial charge in [-0.05, 0) is 35.7 Å². The molecule has 2 aromatic carbocycles. The van der Waals surface area contributed by atoms with E-state index >= 15 is 0 Å². The highest BCUT2D eigenvalue weighted by Gasteiger charge is 2.34. The number of nitrogens with zero attached hydrogens (tertiary/aromatic N) is 1. The highest BCUT2D eigenvalue weighted by Crippen LogP contribution is 2.26. The van der Waals surface area contributed by atoms with Crippen LogP contribution in [0.25, 0.3) is 0 Å². The molecule has 1 aromatic heterocycles. The van der Waals surface area contributed by atoms with Crippen molar-refractivity contribution < 1.29 is 13.8 Å². The topological polar surface area (TPSA) is 33.0 Å². The van der Waals surface area contributed by atoms with E-state index < -0.39 is 0 Å². The summed E-state index contributed by atoms with van der Waals surface area (Å²) in [6.07, 6.45) is 5.27. The van der Waals surface area contributed by atoms with Gasteiger partial charge in [0.15, 0.2) is 12.4 Å². The summed E-state index contributed by atoms with van der Waals surface area (Å²) in [4.78, 5) is 12.8. The third-order valence-corrected chi connectivity index (χ3v) is 4.87. The number of nitrogens with one attached hydrogen (secondary N) is 1. The number of rotatable bonds is 4. The second-order valence-electron chi connectivity index (χ2n) is 6.59. The summed E-state index contributed by atoms with van der Waals surface area (Å²) in [5, 5.41) is 3.38. The smallest absolute Gasteiger partial charge is 0.230 e. The molecule has 0 aliphatic heterocycles. The Morgan fingerprint density at radius 1 is 1.04 bits per heavy atom. The van der Waals surface area contributed by atoms with Crippen molar-refractivity contribution in [3.63, 3.8) is 0 Å². The largest absolute Gasteiger partial charge is 0.381 e. The van der Waals surface area contributed by atoms with Crippen molar-refractivity contribution in [1.82, 2.24) is 0 Å². The molecule has 0 bridgehead atoms. The molecule has 1 heterocycles. The Bertz CT molecular complexity index is 923. The van der Waals surface area contributed by atoms with Crippen molar-refractivity contribution in [2.24, 2.45) is 0 Å². The van der Waals surface area contributed by atoms with E-state index in [-0.39, 0.29) is 17.6 Å². The minimum Gasteiger partial charge on any atom is -0.381 e. The number of anilines is 1. The average Bonchev–Trinajstić information content (AvgIpc) is 2.68. The lowest BCUT2D eigenvalue weighted by Gasteiger charge is -2.19. The zero-order chi connectivity index (χ0) is 17.9. The van der Waals surface area contributed by atoms with Gasteiger partial charge in [0.1, 0.15) is 5.82 Å². The van der Waals surface area contributed by atoms with Crippen LogP contribution in [0.2, 0.25) is 0 Å². The Hall–Kier alpha value is -3.01. The standard InChI is InChI=1S/C22H19FN2O/c23-18-7-8-20-17(14-18)6-9-21(22(20)26)25-12-10-19(11-13-25)24-15-16-4-2-1-3-5-16/h1-5,7-8,10-14,21H,6,9,15H2/p+1. The fraction of sp³-hybridized carbons (Fsp3) is 0.182. The zero-order valence-corrected chi connectivity index (χ0v) is 14.4. The molecule has 0 fully saturated rings. The lowest BCUT2D eigenvalue weighted by Crippen LogP contribution is -2.45. The van der Waals surface area contributed by atoms with E-state index in [1.54, 1.807) is 6.07 Å². The number of hydrogen-bond acceptors (Lipinski definition) is 2. The third kappa shape index (κ3) is 3.36. The molecule has 0 radical (unpaired) electrons. The molecule has 0 spiro atoms. The maximum absolute atomic E-state index is 13.4. The average molecular weight is 347 g/mol. The summed E-state index contributed by atoms with van der Waals surface area (Å²) in [6.45, 7) is 0.756. The number of aromatic nitrogens is 1. The first kappa shape index (κ1) is 16.5. The van der Waals surface area contributed by atoms with Crippen LogP contribution in [0.1, 0.15) is 33.9 Å². The minimum atomic E-state index is -0.281. The fourth-order valence-electron chi connectivity index (χ4n) is 3.46. The second-order valence-corrected chi connectivity index (χ2v) is 6.59. The number of fused-ring (bicyclic) bond motifs is 1. The molecule has 0 saturated carbocycles. The molecule has 1 N–H and O–H groups in total.